The molecule has 0 spiro atoms. The third-order valence-electron chi connectivity index (χ3n) is 4.55. The summed E-state index contributed by atoms with van der Waals surface area (Å²) in [6.45, 7) is 8.26. The van der Waals surface area contributed by atoms with E-state index in [1.165, 1.54) is 0 Å². The maximum atomic E-state index is 12.4. The average molecular weight is 453 g/mol. The number of benzene rings is 3. The largest absolute Gasteiger partial charge is 0.482 e. The van der Waals surface area contributed by atoms with Gasteiger partial charge in [0.05, 0.1) is 4.47 Å². The number of ether oxygens (including phenoxy) is 2. The Kier molecular flexibility index (Phi) is 6.43. The molecule has 0 aliphatic heterocycles. The van der Waals surface area contributed by atoms with Crippen LogP contribution in [0.5, 0.6) is 11.5 Å². The summed E-state index contributed by atoms with van der Waals surface area (Å²) in [5.74, 6) is 0.732. The number of halogens is 1. The van der Waals surface area contributed by atoms with Crippen LogP contribution in [0.25, 0.3) is 11.1 Å². The highest BCUT2D eigenvalue weighted by molar-refractivity contribution is 9.10. The lowest BCUT2D eigenvalue weighted by atomic mass is 9.85. The zero-order valence-electron chi connectivity index (χ0n) is 17.2. The number of hydrogen-bond donors (Lipinski definition) is 0. The second kappa shape index (κ2) is 8.83. The molecule has 0 fully saturated rings. The Balaban J connectivity index is 1.68. The van der Waals surface area contributed by atoms with Crippen LogP contribution in [0.3, 0.4) is 0 Å². The van der Waals surface area contributed by atoms with Gasteiger partial charge in [0.25, 0.3) is 0 Å². The summed E-state index contributed by atoms with van der Waals surface area (Å²) >= 11 is 3.50. The van der Waals surface area contributed by atoms with Crippen molar-refractivity contribution < 1.29 is 14.3 Å². The minimum absolute atomic E-state index is 0.0818. The van der Waals surface area contributed by atoms with Crippen molar-refractivity contribution in [3.63, 3.8) is 0 Å². The normalized spacial score (nSPS) is 11.2. The Morgan fingerprint density at radius 2 is 1.59 bits per heavy atom. The van der Waals surface area contributed by atoms with E-state index >= 15 is 0 Å². The number of esters is 1. The standard InChI is InChI=1S/C25H25BrO3/c1-17-10-12-22(20(14-17)25(2,3)4)28-16-24(27)29-23-13-11-19(15-21(23)26)18-8-6-5-7-9-18/h5-15H,16H2,1-4H3. The first-order valence-corrected chi connectivity index (χ1v) is 10.3. The second-order valence-electron chi connectivity index (χ2n) is 8.02. The SMILES string of the molecule is Cc1ccc(OCC(=O)Oc2ccc(-c3ccccc3)cc2Br)c(C(C)(C)C)c1. The second-order valence-corrected chi connectivity index (χ2v) is 8.88. The molecule has 0 bridgehead atoms. The maximum Gasteiger partial charge on any atom is 0.349 e. The molecule has 4 heteroatoms. The van der Waals surface area contributed by atoms with Gasteiger partial charge in [0.1, 0.15) is 11.5 Å². The molecule has 29 heavy (non-hydrogen) atoms. The number of rotatable bonds is 5. The number of carbonyl (C=O) groups is 1. The summed E-state index contributed by atoms with van der Waals surface area (Å²) in [5, 5.41) is 0. The van der Waals surface area contributed by atoms with Gasteiger partial charge in [-0.15, -0.1) is 0 Å². The topological polar surface area (TPSA) is 35.5 Å². The van der Waals surface area contributed by atoms with E-state index < -0.39 is 5.97 Å². The average Bonchev–Trinajstić information content (AvgIpc) is 2.68. The van der Waals surface area contributed by atoms with Crippen molar-refractivity contribution in [2.24, 2.45) is 0 Å². The summed E-state index contributed by atoms with van der Waals surface area (Å²) < 4.78 is 12.0. The van der Waals surface area contributed by atoms with Crippen LogP contribution in [0.2, 0.25) is 0 Å². The van der Waals surface area contributed by atoms with Crippen molar-refractivity contribution in [2.75, 3.05) is 6.61 Å². The molecule has 0 aliphatic rings. The van der Waals surface area contributed by atoms with Crippen molar-refractivity contribution in [3.8, 4) is 22.6 Å². The molecule has 0 saturated carbocycles. The Labute approximate surface area is 180 Å². The predicted octanol–water partition coefficient (Wildman–Crippen LogP) is 6.71. The lowest BCUT2D eigenvalue weighted by Gasteiger charge is -2.23. The quantitative estimate of drug-likeness (QED) is 0.318. The fourth-order valence-corrected chi connectivity index (χ4v) is 3.50. The van der Waals surface area contributed by atoms with Crippen LogP contribution in [-0.4, -0.2) is 12.6 Å². The molecule has 0 unspecified atom stereocenters. The van der Waals surface area contributed by atoms with E-state index in [0.717, 1.165) is 26.7 Å². The molecule has 0 heterocycles. The summed E-state index contributed by atoms with van der Waals surface area (Å²) in [7, 11) is 0. The molecule has 3 aromatic carbocycles. The van der Waals surface area contributed by atoms with E-state index in [-0.39, 0.29) is 12.0 Å². The fourth-order valence-electron chi connectivity index (χ4n) is 3.04. The molecule has 0 aliphatic carbocycles. The maximum absolute atomic E-state index is 12.4. The van der Waals surface area contributed by atoms with E-state index in [1.54, 1.807) is 6.07 Å². The van der Waals surface area contributed by atoms with Gasteiger partial charge in [-0.2, -0.15) is 0 Å². The van der Waals surface area contributed by atoms with Gasteiger partial charge in [0.2, 0.25) is 0 Å². The van der Waals surface area contributed by atoms with Gasteiger partial charge < -0.3 is 9.47 Å². The molecule has 150 valence electrons. The lowest BCUT2D eigenvalue weighted by Crippen LogP contribution is -2.20. The Hall–Kier alpha value is -2.59. The van der Waals surface area contributed by atoms with Gasteiger partial charge in [-0.1, -0.05) is 74.9 Å². The minimum atomic E-state index is -0.446. The molecule has 3 aromatic rings. The van der Waals surface area contributed by atoms with Crippen molar-refractivity contribution in [1.82, 2.24) is 0 Å². The van der Waals surface area contributed by atoms with Gasteiger partial charge in [-0.05, 0) is 63.2 Å². The molecule has 0 N–H and O–H groups in total. The molecular formula is C25H25BrO3. The molecule has 0 amide bonds. The van der Waals surface area contributed by atoms with Crippen LogP contribution in [0, 0.1) is 6.92 Å². The van der Waals surface area contributed by atoms with E-state index in [2.05, 4.69) is 42.8 Å². The van der Waals surface area contributed by atoms with E-state index in [9.17, 15) is 4.79 Å². The lowest BCUT2D eigenvalue weighted by molar-refractivity contribution is -0.136. The Morgan fingerprint density at radius 1 is 0.897 bits per heavy atom. The highest BCUT2D eigenvalue weighted by Gasteiger charge is 2.20. The van der Waals surface area contributed by atoms with Crippen molar-refractivity contribution >= 4 is 21.9 Å². The molecule has 3 rings (SSSR count). The molecule has 0 aromatic heterocycles. The van der Waals surface area contributed by atoms with Crippen molar-refractivity contribution in [3.05, 3.63) is 82.3 Å². The van der Waals surface area contributed by atoms with Gasteiger partial charge in [0.15, 0.2) is 6.61 Å². The van der Waals surface area contributed by atoms with Gasteiger partial charge in [-0.3, -0.25) is 0 Å². The highest BCUT2D eigenvalue weighted by Crippen LogP contribution is 2.33. The van der Waals surface area contributed by atoms with Crippen LogP contribution in [0.4, 0.5) is 0 Å². The third-order valence-corrected chi connectivity index (χ3v) is 5.17. The zero-order valence-corrected chi connectivity index (χ0v) is 18.7. The smallest absolute Gasteiger partial charge is 0.349 e. The molecule has 3 nitrogen and oxygen atoms in total. The van der Waals surface area contributed by atoms with Gasteiger partial charge >= 0.3 is 5.97 Å². The number of hydrogen-bond acceptors (Lipinski definition) is 3. The first-order chi connectivity index (χ1) is 13.7. The van der Waals surface area contributed by atoms with Crippen LogP contribution < -0.4 is 9.47 Å². The molecule has 0 radical (unpaired) electrons. The summed E-state index contributed by atoms with van der Waals surface area (Å²) in [6, 6.07) is 21.7. The predicted molar refractivity (Wildman–Crippen MR) is 121 cm³/mol. The highest BCUT2D eigenvalue weighted by atomic mass is 79.9. The summed E-state index contributed by atoms with van der Waals surface area (Å²) in [5.41, 5.74) is 4.29. The van der Waals surface area contributed by atoms with Crippen LogP contribution >= 0.6 is 15.9 Å². The fraction of sp³-hybridized carbons (Fsp3) is 0.240. The molecule has 0 atom stereocenters. The van der Waals surface area contributed by atoms with E-state index in [0.29, 0.717) is 11.5 Å². The number of carbonyl (C=O) groups excluding carboxylic acids is 1. The minimum Gasteiger partial charge on any atom is -0.482 e. The van der Waals surface area contributed by atoms with Crippen molar-refractivity contribution in [1.29, 1.82) is 0 Å². The Bertz CT molecular complexity index is 1000. The Morgan fingerprint density at radius 3 is 2.24 bits per heavy atom. The van der Waals surface area contributed by atoms with Crippen LogP contribution in [0.15, 0.2) is 71.2 Å². The molecular weight excluding hydrogens is 428 g/mol. The summed E-state index contributed by atoms with van der Waals surface area (Å²) in [6.07, 6.45) is 0. The zero-order chi connectivity index (χ0) is 21.0. The monoisotopic (exact) mass is 452 g/mol. The van der Waals surface area contributed by atoms with Gasteiger partial charge in [-0.25, -0.2) is 4.79 Å². The molecule has 0 saturated heterocycles. The van der Waals surface area contributed by atoms with Crippen molar-refractivity contribution in [2.45, 2.75) is 33.1 Å². The van der Waals surface area contributed by atoms with Crippen LogP contribution in [-0.2, 0) is 10.2 Å². The first kappa shape index (κ1) is 21.1. The third kappa shape index (κ3) is 5.48. The number of aryl methyl sites for hydroxylation is 1. The van der Waals surface area contributed by atoms with Crippen LogP contribution in [0.1, 0.15) is 31.9 Å². The van der Waals surface area contributed by atoms with E-state index in [1.807, 2.05) is 61.5 Å². The summed E-state index contributed by atoms with van der Waals surface area (Å²) in [4.78, 5) is 12.4. The van der Waals surface area contributed by atoms with E-state index in [4.69, 9.17) is 9.47 Å². The first-order valence-electron chi connectivity index (χ1n) is 9.53. The van der Waals surface area contributed by atoms with Gasteiger partial charge in [0, 0.05) is 0 Å².